The Bertz CT molecular complexity index is 683. The van der Waals surface area contributed by atoms with E-state index in [1.165, 1.54) is 4.90 Å². The molecule has 0 spiro atoms. The maximum absolute atomic E-state index is 12.4. The van der Waals surface area contributed by atoms with Crippen LogP contribution in [0.25, 0.3) is 10.8 Å². The van der Waals surface area contributed by atoms with Crippen molar-refractivity contribution in [2.45, 2.75) is 6.23 Å². The molecule has 5 nitrogen and oxygen atoms in total. The molecule has 0 saturated heterocycles. The molecule has 2 aromatic carbocycles. The molecule has 0 radical (unpaired) electrons. The Balaban J connectivity index is 2.30. The van der Waals surface area contributed by atoms with Gasteiger partial charge in [0.2, 0.25) is 0 Å². The summed E-state index contributed by atoms with van der Waals surface area (Å²) in [6, 6.07) is 8.91. The number of rotatable bonds is 3. The van der Waals surface area contributed by atoms with Gasteiger partial charge in [-0.2, -0.15) is 0 Å². The molecule has 1 unspecified atom stereocenters. The van der Waals surface area contributed by atoms with Gasteiger partial charge in [0, 0.05) is 28.4 Å². The maximum Gasteiger partial charge on any atom is 0.256 e. The second-order valence-electron chi connectivity index (χ2n) is 4.68. The number of ether oxygens (including phenoxy) is 1. The fourth-order valence-corrected chi connectivity index (χ4v) is 2.74. The highest BCUT2D eigenvalue weighted by Crippen LogP contribution is 2.38. The van der Waals surface area contributed by atoms with Gasteiger partial charge in [0.15, 0.2) is 6.23 Å². The van der Waals surface area contributed by atoms with Crippen LogP contribution in [0.1, 0.15) is 22.1 Å². The minimum Gasteiger partial charge on any atom is -0.496 e. The molecule has 2 aromatic rings. The van der Waals surface area contributed by atoms with Gasteiger partial charge in [-0.15, -0.1) is 0 Å². The molecule has 0 aliphatic carbocycles. The third-order valence-electron chi connectivity index (χ3n) is 3.66. The monoisotopic (exact) mass is 273 g/mol. The van der Waals surface area contributed by atoms with Crippen LogP contribution in [0.4, 0.5) is 0 Å². The molecule has 1 aliphatic rings. The van der Waals surface area contributed by atoms with Gasteiger partial charge in [0.1, 0.15) is 5.75 Å². The minimum atomic E-state index is -1.04. The molecule has 5 heteroatoms. The van der Waals surface area contributed by atoms with Gasteiger partial charge in [-0.1, -0.05) is 18.2 Å². The number of carbonyl (C=O) groups excluding carboxylic acids is 1. The van der Waals surface area contributed by atoms with E-state index in [9.17, 15) is 9.90 Å². The lowest BCUT2D eigenvalue weighted by Gasteiger charge is -2.33. The summed E-state index contributed by atoms with van der Waals surface area (Å²) in [6.45, 7) is -0.0911. The van der Waals surface area contributed by atoms with E-state index in [0.717, 1.165) is 10.8 Å². The van der Waals surface area contributed by atoms with Crippen LogP contribution in [0, 0.1) is 0 Å². The summed E-state index contributed by atoms with van der Waals surface area (Å²) in [5, 5.41) is 20.9. The zero-order valence-corrected chi connectivity index (χ0v) is 11.0. The van der Waals surface area contributed by atoms with Crippen molar-refractivity contribution in [2.75, 3.05) is 20.3 Å². The average Bonchev–Trinajstić information content (AvgIpc) is 2.48. The summed E-state index contributed by atoms with van der Waals surface area (Å²) in [4.78, 5) is 13.7. The first-order chi connectivity index (χ1) is 9.69. The van der Waals surface area contributed by atoms with E-state index in [1.807, 2.05) is 12.1 Å². The number of benzene rings is 2. The van der Waals surface area contributed by atoms with Crippen molar-refractivity contribution in [3.05, 3.63) is 41.5 Å². The first-order valence-electron chi connectivity index (χ1n) is 6.38. The van der Waals surface area contributed by atoms with E-state index in [1.54, 1.807) is 25.3 Å². The molecule has 0 saturated carbocycles. The predicted octanol–water partition coefficient (Wildman–Crippen LogP) is 1.29. The summed E-state index contributed by atoms with van der Waals surface area (Å²) >= 11 is 0. The molecule has 0 fully saturated rings. The normalized spacial score (nSPS) is 17.6. The highest BCUT2D eigenvalue weighted by molar-refractivity contribution is 6.11. The number of nitrogens with zero attached hydrogens (tertiary/aromatic N) is 1. The standard InChI is InChI=1S/C15H15NO4/c1-20-12-6-5-11-13-9(12)3-2-4-10(13)14(18)16(7-8-17)15(11)19/h2-6,14,17-18H,7-8H2,1H3. The van der Waals surface area contributed by atoms with Crippen molar-refractivity contribution < 1.29 is 19.7 Å². The Kier molecular flexibility index (Phi) is 3.08. The molecule has 2 N–H and O–H groups in total. The summed E-state index contributed by atoms with van der Waals surface area (Å²) in [5.41, 5.74) is 1.18. The second-order valence-corrected chi connectivity index (χ2v) is 4.68. The van der Waals surface area contributed by atoms with Crippen molar-refractivity contribution >= 4 is 16.7 Å². The smallest absolute Gasteiger partial charge is 0.256 e. The third kappa shape index (κ3) is 1.67. The molecular formula is C15H15NO4. The molecular weight excluding hydrogens is 258 g/mol. The highest BCUT2D eigenvalue weighted by Gasteiger charge is 2.32. The quantitative estimate of drug-likeness (QED) is 0.884. The van der Waals surface area contributed by atoms with Crippen LogP contribution in [0.3, 0.4) is 0 Å². The van der Waals surface area contributed by atoms with Gasteiger partial charge in [-0.3, -0.25) is 4.79 Å². The lowest BCUT2D eigenvalue weighted by Crippen LogP contribution is -2.40. The summed E-state index contributed by atoms with van der Waals surface area (Å²) in [7, 11) is 1.57. The number of aliphatic hydroxyl groups is 2. The van der Waals surface area contributed by atoms with Crippen LogP contribution in [0.2, 0.25) is 0 Å². The van der Waals surface area contributed by atoms with E-state index in [2.05, 4.69) is 0 Å². The number of β-amino-alcohol motifs (C(OH)–C–C–N with tert-alkyl or cyclic N) is 1. The van der Waals surface area contributed by atoms with Crippen LogP contribution < -0.4 is 4.74 Å². The minimum absolute atomic E-state index is 0.0991. The fourth-order valence-electron chi connectivity index (χ4n) is 2.74. The Morgan fingerprint density at radius 3 is 2.80 bits per heavy atom. The zero-order valence-electron chi connectivity index (χ0n) is 11.0. The fraction of sp³-hybridized carbons (Fsp3) is 0.267. The predicted molar refractivity (Wildman–Crippen MR) is 73.6 cm³/mol. The lowest BCUT2D eigenvalue weighted by atomic mass is 9.93. The molecule has 1 aliphatic heterocycles. The first-order valence-corrected chi connectivity index (χ1v) is 6.38. The molecule has 1 heterocycles. The summed E-state index contributed by atoms with van der Waals surface area (Å²) in [5.74, 6) is 0.388. The molecule has 0 aromatic heterocycles. The third-order valence-corrected chi connectivity index (χ3v) is 3.66. The van der Waals surface area contributed by atoms with E-state index in [-0.39, 0.29) is 19.1 Å². The van der Waals surface area contributed by atoms with Gasteiger partial charge in [0.25, 0.3) is 5.91 Å². The SMILES string of the molecule is COc1ccc2c3c(cccc13)C(O)N(CCO)C2=O. The first kappa shape index (κ1) is 12.9. The van der Waals surface area contributed by atoms with Crippen molar-refractivity contribution in [1.29, 1.82) is 0 Å². The van der Waals surface area contributed by atoms with E-state index in [4.69, 9.17) is 9.84 Å². The van der Waals surface area contributed by atoms with Crippen LogP contribution in [-0.4, -0.2) is 41.3 Å². The van der Waals surface area contributed by atoms with Gasteiger partial charge in [-0.25, -0.2) is 0 Å². The van der Waals surface area contributed by atoms with E-state index >= 15 is 0 Å². The Hall–Kier alpha value is -2.11. The number of hydrogen-bond donors (Lipinski definition) is 2. The van der Waals surface area contributed by atoms with E-state index in [0.29, 0.717) is 16.9 Å². The highest BCUT2D eigenvalue weighted by atomic mass is 16.5. The Morgan fingerprint density at radius 1 is 1.30 bits per heavy atom. The number of carbonyl (C=O) groups is 1. The largest absolute Gasteiger partial charge is 0.496 e. The van der Waals surface area contributed by atoms with Crippen molar-refractivity contribution in [3.63, 3.8) is 0 Å². The van der Waals surface area contributed by atoms with Gasteiger partial charge in [-0.05, 0) is 12.1 Å². The van der Waals surface area contributed by atoms with E-state index < -0.39 is 6.23 Å². The summed E-state index contributed by atoms with van der Waals surface area (Å²) in [6.07, 6.45) is -1.04. The van der Waals surface area contributed by atoms with Gasteiger partial charge >= 0.3 is 0 Å². The van der Waals surface area contributed by atoms with Gasteiger partial charge < -0.3 is 19.8 Å². The molecule has 1 atom stereocenters. The number of aliphatic hydroxyl groups excluding tert-OH is 2. The number of methoxy groups -OCH3 is 1. The van der Waals surface area contributed by atoms with Crippen LogP contribution in [-0.2, 0) is 0 Å². The molecule has 0 bridgehead atoms. The Morgan fingerprint density at radius 2 is 2.10 bits per heavy atom. The molecule has 104 valence electrons. The Labute approximate surface area is 116 Å². The van der Waals surface area contributed by atoms with Crippen LogP contribution in [0.15, 0.2) is 30.3 Å². The summed E-state index contributed by atoms with van der Waals surface area (Å²) < 4.78 is 5.30. The van der Waals surface area contributed by atoms with Gasteiger partial charge in [0.05, 0.1) is 13.7 Å². The van der Waals surface area contributed by atoms with Crippen molar-refractivity contribution in [2.24, 2.45) is 0 Å². The van der Waals surface area contributed by atoms with Crippen LogP contribution >= 0.6 is 0 Å². The average molecular weight is 273 g/mol. The molecule has 20 heavy (non-hydrogen) atoms. The molecule has 3 rings (SSSR count). The van der Waals surface area contributed by atoms with Crippen LogP contribution in [0.5, 0.6) is 5.75 Å². The van der Waals surface area contributed by atoms with Crippen molar-refractivity contribution in [3.8, 4) is 5.75 Å². The zero-order chi connectivity index (χ0) is 14.3. The maximum atomic E-state index is 12.4. The number of hydrogen-bond acceptors (Lipinski definition) is 4. The second kappa shape index (κ2) is 4.77. The topological polar surface area (TPSA) is 70.0 Å². The van der Waals surface area contributed by atoms with Crippen molar-refractivity contribution in [1.82, 2.24) is 4.90 Å². The number of amides is 1. The molecule has 1 amide bonds. The lowest BCUT2D eigenvalue weighted by molar-refractivity contribution is -0.00153.